The lowest BCUT2D eigenvalue weighted by atomic mass is 10.3. The zero-order valence-corrected chi connectivity index (χ0v) is 14.5. The molecule has 0 aliphatic heterocycles. The highest BCUT2D eigenvalue weighted by Gasteiger charge is 2.22. The summed E-state index contributed by atoms with van der Waals surface area (Å²) in [5, 5.41) is 5.84. The Balaban J connectivity index is 2.27. The first-order valence-corrected chi connectivity index (χ1v) is 8.64. The van der Waals surface area contributed by atoms with E-state index >= 15 is 0 Å². The summed E-state index contributed by atoms with van der Waals surface area (Å²) >= 11 is 11.9. The van der Waals surface area contributed by atoms with Crippen molar-refractivity contribution in [3.63, 3.8) is 0 Å². The van der Waals surface area contributed by atoms with Crippen molar-refractivity contribution < 1.29 is 13.2 Å². The van der Waals surface area contributed by atoms with Crippen LogP contribution in [0.3, 0.4) is 0 Å². The Labute approximate surface area is 142 Å². The van der Waals surface area contributed by atoms with Gasteiger partial charge in [-0.25, -0.2) is 5.10 Å². The van der Waals surface area contributed by atoms with Gasteiger partial charge in [0.1, 0.15) is 0 Å². The minimum absolute atomic E-state index is 0.00146. The number of ether oxygens (including phenoxy) is 1. The van der Waals surface area contributed by atoms with Crippen LogP contribution < -0.4 is 4.72 Å². The fourth-order valence-electron chi connectivity index (χ4n) is 1.57. The van der Waals surface area contributed by atoms with Gasteiger partial charge in [-0.15, -0.1) is 5.10 Å². The molecule has 23 heavy (non-hydrogen) atoms. The second-order valence-corrected chi connectivity index (χ2v) is 6.60. The summed E-state index contributed by atoms with van der Waals surface area (Å²) in [5.74, 6) is 0.330. The average molecular weight is 378 g/mol. The molecule has 0 bridgehead atoms. The number of nitrogens with zero attached hydrogens (tertiary/aromatic N) is 3. The number of halogens is 2. The molecule has 2 rings (SSSR count). The smallest absolute Gasteiger partial charge is 0.299 e. The number of benzene rings is 1. The summed E-state index contributed by atoms with van der Waals surface area (Å²) in [4.78, 5) is 7.73. The molecule has 2 N–H and O–H groups in total. The second kappa shape index (κ2) is 7.16. The first kappa shape index (κ1) is 17.5. The molecule has 0 saturated heterocycles. The van der Waals surface area contributed by atoms with Crippen molar-refractivity contribution in [3.05, 3.63) is 28.2 Å². The van der Waals surface area contributed by atoms with Crippen molar-refractivity contribution in [1.82, 2.24) is 15.2 Å². The van der Waals surface area contributed by atoms with E-state index in [4.69, 9.17) is 27.9 Å². The van der Waals surface area contributed by atoms with Crippen molar-refractivity contribution >= 4 is 50.8 Å². The molecule has 2 aromatic rings. The fraction of sp³-hybridized carbons (Fsp3) is 0.250. The summed E-state index contributed by atoms with van der Waals surface area (Å²) in [6, 6.07) is 4.60. The molecule has 124 valence electrons. The predicted molar refractivity (Wildman–Crippen MR) is 88.0 cm³/mol. The third kappa shape index (κ3) is 4.34. The zero-order valence-electron chi connectivity index (χ0n) is 12.2. The van der Waals surface area contributed by atoms with E-state index in [0.717, 1.165) is 0 Å². The van der Waals surface area contributed by atoms with Crippen LogP contribution in [0.2, 0.25) is 10.0 Å². The highest BCUT2D eigenvalue weighted by molar-refractivity contribution is 7.92. The Morgan fingerprint density at radius 1 is 1.39 bits per heavy atom. The molecular weight excluding hydrogens is 365 g/mol. The van der Waals surface area contributed by atoms with E-state index in [-0.39, 0.29) is 21.7 Å². The van der Waals surface area contributed by atoms with Gasteiger partial charge in [0.15, 0.2) is 5.90 Å². The molecule has 0 aliphatic rings. The molecule has 0 radical (unpaired) electrons. The summed E-state index contributed by atoms with van der Waals surface area (Å²) in [7, 11) is -4.07. The van der Waals surface area contributed by atoms with Crippen LogP contribution in [0, 0.1) is 0 Å². The molecule has 1 aromatic carbocycles. The Bertz CT molecular complexity index is 815. The fourth-order valence-corrected chi connectivity index (χ4v) is 3.13. The van der Waals surface area contributed by atoms with Gasteiger partial charge < -0.3 is 4.74 Å². The van der Waals surface area contributed by atoms with E-state index in [1.165, 1.54) is 12.1 Å². The molecule has 0 unspecified atom stereocenters. The molecule has 0 fully saturated rings. The second-order valence-electron chi connectivity index (χ2n) is 4.21. The topological polar surface area (TPSA) is 109 Å². The van der Waals surface area contributed by atoms with E-state index in [1.807, 2.05) is 0 Å². The number of sulfonamides is 1. The third-order valence-electron chi connectivity index (χ3n) is 2.51. The molecule has 1 heterocycles. The summed E-state index contributed by atoms with van der Waals surface area (Å²) in [6.07, 6.45) is 0. The van der Waals surface area contributed by atoms with Gasteiger partial charge in [0, 0.05) is 6.92 Å². The number of hydrogen-bond acceptors (Lipinski definition) is 6. The molecule has 0 atom stereocenters. The van der Waals surface area contributed by atoms with Crippen molar-refractivity contribution in [3.8, 4) is 0 Å². The number of rotatable bonds is 5. The molecule has 0 spiro atoms. The lowest BCUT2D eigenvalue weighted by Gasteiger charge is -2.08. The number of aromatic nitrogens is 3. The highest BCUT2D eigenvalue weighted by atomic mass is 35.5. The largest absolute Gasteiger partial charge is 0.481 e. The van der Waals surface area contributed by atoms with Crippen molar-refractivity contribution in [2.75, 3.05) is 11.3 Å². The minimum Gasteiger partial charge on any atom is -0.481 e. The lowest BCUT2D eigenvalue weighted by Crippen LogP contribution is -2.15. The van der Waals surface area contributed by atoms with Crippen LogP contribution in [0.15, 0.2) is 28.3 Å². The summed E-state index contributed by atoms with van der Waals surface area (Å²) < 4.78 is 31.9. The van der Waals surface area contributed by atoms with Crippen molar-refractivity contribution in [1.29, 1.82) is 0 Å². The Kier molecular flexibility index (Phi) is 5.45. The van der Waals surface area contributed by atoms with Crippen LogP contribution >= 0.6 is 23.2 Å². The Hall–Kier alpha value is -1.84. The van der Waals surface area contributed by atoms with Crippen molar-refractivity contribution in [2.45, 2.75) is 19.0 Å². The van der Waals surface area contributed by atoms with Gasteiger partial charge in [-0.3, -0.25) is 4.72 Å². The molecular formula is C12H13Cl2N5O3S. The van der Waals surface area contributed by atoms with Gasteiger partial charge in [0.25, 0.3) is 15.2 Å². The monoisotopic (exact) mass is 377 g/mol. The maximum atomic E-state index is 12.3. The number of para-hydroxylation sites is 1. The predicted octanol–water partition coefficient (Wildman–Crippen LogP) is 3.00. The Morgan fingerprint density at radius 2 is 2.04 bits per heavy atom. The van der Waals surface area contributed by atoms with E-state index in [1.54, 1.807) is 19.9 Å². The van der Waals surface area contributed by atoms with Crippen LogP contribution in [0.4, 0.5) is 11.6 Å². The summed E-state index contributed by atoms with van der Waals surface area (Å²) in [5.41, 5.74) is 0.0520. The maximum Gasteiger partial charge on any atom is 0.299 e. The molecule has 0 aliphatic carbocycles. The normalized spacial score (nSPS) is 12.3. The molecule has 11 heteroatoms. The molecule has 1 aromatic heterocycles. The number of aliphatic imine (C=N–C) groups is 1. The first-order chi connectivity index (χ1) is 10.8. The van der Waals surface area contributed by atoms with Gasteiger partial charge in [-0.1, -0.05) is 29.3 Å². The molecule has 0 saturated carbocycles. The number of anilines is 1. The van der Waals surface area contributed by atoms with Gasteiger partial charge in [-0.2, -0.15) is 18.4 Å². The minimum atomic E-state index is -4.07. The highest BCUT2D eigenvalue weighted by Crippen LogP contribution is 2.31. The van der Waals surface area contributed by atoms with Crippen LogP contribution in [0.5, 0.6) is 0 Å². The average Bonchev–Trinajstić information content (AvgIpc) is 2.93. The first-order valence-electron chi connectivity index (χ1n) is 6.41. The van der Waals surface area contributed by atoms with Gasteiger partial charge in [0.05, 0.1) is 22.3 Å². The van der Waals surface area contributed by atoms with Crippen molar-refractivity contribution in [2.24, 2.45) is 4.99 Å². The number of H-pyrrole nitrogens is 1. The summed E-state index contributed by atoms with van der Waals surface area (Å²) in [6.45, 7) is 3.84. The van der Waals surface area contributed by atoms with Gasteiger partial charge in [-0.05, 0) is 19.1 Å². The van der Waals surface area contributed by atoms with Crippen LogP contribution in [0.1, 0.15) is 13.8 Å². The SMILES string of the molecule is CCOC(C)=Nc1nc(S(=O)(=O)Nc2c(Cl)cccc2Cl)n[nH]1. The quantitative estimate of drug-likeness (QED) is 0.614. The number of aromatic amines is 1. The van der Waals surface area contributed by atoms with Crippen LogP contribution in [0.25, 0.3) is 0 Å². The van der Waals surface area contributed by atoms with Crippen LogP contribution in [-0.4, -0.2) is 36.1 Å². The molecule has 0 amide bonds. The molecule has 8 nitrogen and oxygen atoms in total. The standard InChI is InChI=1S/C12H13Cl2N5O3S/c1-3-22-7(2)15-11-16-12(18-17-11)23(20,21)19-10-8(13)5-4-6-9(10)14/h4-6,19H,3H2,1-2H3,(H,16,17,18). The lowest BCUT2D eigenvalue weighted by molar-refractivity contribution is 0.324. The number of hydrogen-bond donors (Lipinski definition) is 2. The zero-order chi connectivity index (χ0) is 17.0. The van der Waals surface area contributed by atoms with Gasteiger partial charge in [0.2, 0.25) is 5.95 Å². The third-order valence-corrected chi connectivity index (χ3v) is 4.28. The van der Waals surface area contributed by atoms with E-state index in [9.17, 15) is 8.42 Å². The Morgan fingerprint density at radius 3 is 2.65 bits per heavy atom. The number of nitrogens with one attached hydrogen (secondary N) is 2. The van der Waals surface area contributed by atoms with Crippen LogP contribution in [-0.2, 0) is 14.8 Å². The van der Waals surface area contributed by atoms with E-state index < -0.39 is 15.2 Å². The van der Waals surface area contributed by atoms with Gasteiger partial charge >= 0.3 is 0 Å². The van der Waals surface area contributed by atoms with E-state index in [0.29, 0.717) is 12.5 Å². The maximum absolute atomic E-state index is 12.3. The van der Waals surface area contributed by atoms with E-state index in [2.05, 4.69) is 24.9 Å².